The summed E-state index contributed by atoms with van der Waals surface area (Å²) in [7, 11) is 0. The molecule has 0 saturated carbocycles. The van der Waals surface area contributed by atoms with E-state index in [9.17, 15) is 0 Å². The van der Waals surface area contributed by atoms with Gasteiger partial charge in [-0.05, 0) is 19.1 Å². The molecule has 3 nitrogen and oxygen atoms in total. The third-order valence-corrected chi connectivity index (χ3v) is 2.81. The van der Waals surface area contributed by atoms with Crippen molar-refractivity contribution in [1.82, 2.24) is 4.98 Å². The highest BCUT2D eigenvalue weighted by atomic mass is 32.1. The van der Waals surface area contributed by atoms with Gasteiger partial charge in [0.15, 0.2) is 0 Å². The van der Waals surface area contributed by atoms with Crippen LogP contribution in [0.25, 0.3) is 10.2 Å². The smallest absolute Gasteiger partial charge is 0.103 e. The van der Waals surface area contributed by atoms with Crippen LogP contribution in [0.15, 0.2) is 12.1 Å². The standard InChI is InChI=1S/C9H7N3S/c1-5-12-8-3-2-7(11)6(4-10)9(8)13-5/h2-3H,11H2,1H3. The summed E-state index contributed by atoms with van der Waals surface area (Å²) >= 11 is 1.50. The van der Waals surface area contributed by atoms with Gasteiger partial charge in [0.1, 0.15) is 6.07 Å². The van der Waals surface area contributed by atoms with Crippen molar-refractivity contribution in [2.75, 3.05) is 5.73 Å². The van der Waals surface area contributed by atoms with Crippen LogP contribution in [0, 0.1) is 18.3 Å². The van der Waals surface area contributed by atoms with Gasteiger partial charge in [0.25, 0.3) is 0 Å². The van der Waals surface area contributed by atoms with Crippen molar-refractivity contribution in [2.24, 2.45) is 0 Å². The molecule has 2 N–H and O–H groups in total. The van der Waals surface area contributed by atoms with E-state index in [-0.39, 0.29) is 0 Å². The van der Waals surface area contributed by atoms with Gasteiger partial charge < -0.3 is 5.73 Å². The molecule has 1 aromatic carbocycles. The molecule has 64 valence electrons. The summed E-state index contributed by atoms with van der Waals surface area (Å²) in [5.74, 6) is 0. The summed E-state index contributed by atoms with van der Waals surface area (Å²) in [6, 6.07) is 5.66. The van der Waals surface area contributed by atoms with Crippen molar-refractivity contribution in [3.63, 3.8) is 0 Å². The molecule has 1 heterocycles. The van der Waals surface area contributed by atoms with E-state index in [1.807, 2.05) is 13.0 Å². The van der Waals surface area contributed by atoms with Gasteiger partial charge in [0, 0.05) is 0 Å². The first-order valence-electron chi connectivity index (χ1n) is 3.78. The Morgan fingerprint density at radius 3 is 3.00 bits per heavy atom. The fourth-order valence-electron chi connectivity index (χ4n) is 1.23. The monoisotopic (exact) mass is 189 g/mol. The fourth-order valence-corrected chi connectivity index (χ4v) is 2.16. The number of benzene rings is 1. The number of aryl methyl sites for hydroxylation is 1. The Kier molecular flexibility index (Phi) is 1.67. The zero-order valence-corrected chi connectivity index (χ0v) is 7.85. The largest absolute Gasteiger partial charge is 0.398 e. The number of rotatable bonds is 0. The van der Waals surface area contributed by atoms with E-state index in [1.165, 1.54) is 11.3 Å². The van der Waals surface area contributed by atoms with E-state index in [2.05, 4.69) is 11.1 Å². The molecule has 0 atom stereocenters. The van der Waals surface area contributed by atoms with E-state index < -0.39 is 0 Å². The van der Waals surface area contributed by atoms with Gasteiger partial charge in [-0.2, -0.15) is 5.26 Å². The minimum absolute atomic E-state index is 0.527. The van der Waals surface area contributed by atoms with Crippen LogP contribution < -0.4 is 5.73 Å². The average Bonchev–Trinajstić information content (AvgIpc) is 2.45. The van der Waals surface area contributed by atoms with Crippen molar-refractivity contribution in [3.8, 4) is 6.07 Å². The van der Waals surface area contributed by atoms with Crippen LogP contribution in [0.2, 0.25) is 0 Å². The molecular weight excluding hydrogens is 182 g/mol. The second-order valence-corrected chi connectivity index (χ2v) is 3.93. The van der Waals surface area contributed by atoms with E-state index >= 15 is 0 Å². The number of fused-ring (bicyclic) bond motifs is 1. The number of thiazole rings is 1. The molecular formula is C9H7N3S. The first-order valence-corrected chi connectivity index (χ1v) is 4.59. The van der Waals surface area contributed by atoms with Gasteiger partial charge >= 0.3 is 0 Å². The Hall–Kier alpha value is -1.60. The maximum Gasteiger partial charge on any atom is 0.103 e. The predicted octanol–water partition coefficient (Wildman–Crippen LogP) is 2.06. The van der Waals surface area contributed by atoms with Gasteiger partial charge in [-0.1, -0.05) is 0 Å². The lowest BCUT2D eigenvalue weighted by molar-refractivity contribution is 1.35. The summed E-state index contributed by atoms with van der Waals surface area (Å²) in [6.07, 6.45) is 0. The molecule has 1 aromatic heterocycles. The Morgan fingerprint density at radius 2 is 2.31 bits per heavy atom. The highest BCUT2D eigenvalue weighted by Gasteiger charge is 2.08. The van der Waals surface area contributed by atoms with Crippen LogP contribution in [0.4, 0.5) is 5.69 Å². The summed E-state index contributed by atoms with van der Waals surface area (Å²) < 4.78 is 0.889. The number of nitrogens with zero attached hydrogens (tertiary/aromatic N) is 2. The number of hydrogen-bond donors (Lipinski definition) is 1. The molecule has 4 heteroatoms. The zero-order valence-electron chi connectivity index (χ0n) is 7.03. The van der Waals surface area contributed by atoms with E-state index in [0.717, 1.165) is 15.2 Å². The van der Waals surface area contributed by atoms with Gasteiger partial charge in [-0.3, -0.25) is 0 Å². The minimum Gasteiger partial charge on any atom is -0.398 e. The summed E-state index contributed by atoms with van der Waals surface area (Å²) in [4.78, 5) is 4.27. The number of nitrogen functional groups attached to an aromatic ring is 1. The quantitative estimate of drug-likeness (QED) is 0.645. The van der Waals surface area contributed by atoms with Crippen molar-refractivity contribution in [1.29, 1.82) is 5.26 Å². The Labute approximate surface area is 79.4 Å². The topological polar surface area (TPSA) is 62.7 Å². The Bertz CT molecular complexity index is 507. The number of hydrogen-bond acceptors (Lipinski definition) is 4. The van der Waals surface area contributed by atoms with Crippen molar-refractivity contribution < 1.29 is 0 Å². The third-order valence-electron chi connectivity index (χ3n) is 1.81. The number of nitrogens with two attached hydrogens (primary N) is 1. The van der Waals surface area contributed by atoms with Crippen LogP contribution in [-0.2, 0) is 0 Å². The van der Waals surface area contributed by atoms with Crippen LogP contribution >= 0.6 is 11.3 Å². The molecule has 0 spiro atoms. The third kappa shape index (κ3) is 1.14. The van der Waals surface area contributed by atoms with Gasteiger partial charge in [-0.15, -0.1) is 11.3 Å². The molecule has 13 heavy (non-hydrogen) atoms. The van der Waals surface area contributed by atoms with E-state index in [1.54, 1.807) is 6.07 Å². The SMILES string of the molecule is Cc1nc2ccc(N)c(C#N)c2s1. The van der Waals surface area contributed by atoms with E-state index in [4.69, 9.17) is 11.0 Å². The summed E-state index contributed by atoms with van der Waals surface area (Å²) in [5, 5.41) is 9.83. The second-order valence-electron chi connectivity index (χ2n) is 2.72. The Morgan fingerprint density at radius 1 is 1.54 bits per heavy atom. The molecule has 2 rings (SSSR count). The molecule has 0 bridgehead atoms. The van der Waals surface area contributed by atoms with Gasteiger partial charge in [0.05, 0.1) is 26.5 Å². The highest BCUT2D eigenvalue weighted by Crippen LogP contribution is 2.28. The Balaban J connectivity index is 2.93. The van der Waals surface area contributed by atoms with Crippen LogP contribution in [-0.4, -0.2) is 4.98 Å². The van der Waals surface area contributed by atoms with Crippen LogP contribution in [0.1, 0.15) is 10.6 Å². The van der Waals surface area contributed by atoms with E-state index in [0.29, 0.717) is 11.3 Å². The first kappa shape index (κ1) is 8.02. The maximum absolute atomic E-state index is 8.87. The molecule has 0 amide bonds. The lowest BCUT2D eigenvalue weighted by atomic mass is 10.2. The molecule has 0 saturated heterocycles. The molecule has 0 unspecified atom stereocenters. The minimum atomic E-state index is 0.527. The van der Waals surface area contributed by atoms with Crippen molar-refractivity contribution in [2.45, 2.75) is 6.92 Å². The highest BCUT2D eigenvalue weighted by molar-refractivity contribution is 7.18. The number of aromatic nitrogens is 1. The van der Waals surface area contributed by atoms with Gasteiger partial charge in [0.2, 0.25) is 0 Å². The molecule has 2 aromatic rings. The average molecular weight is 189 g/mol. The number of anilines is 1. The van der Waals surface area contributed by atoms with Crippen LogP contribution in [0.3, 0.4) is 0 Å². The maximum atomic E-state index is 8.87. The molecule has 0 aliphatic rings. The molecule has 0 radical (unpaired) electrons. The van der Waals surface area contributed by atoms with Crippen molar-refractivity contribution in [3.05, 3.63) is 22.7 Å². The molecule has 0 aliphatic carbocycles. The fraction of sp³-hybridized carbons (Fsp3) is 0.111. The van der Waals surface area contributed by atoms with Gasteiger partial charge in [-0.25, -0.2) is 4.98 Å². The zero-order chi connectivity index (χ0) is 9.42. The summed E-state index contributed by atoms with van der Waals surface area (Å²) in [5.41, 5.74) is 7.59. The lowest BCUT2D eigenvalue weighted by Gasteiger charge is -1.95. The predicted molar refractivity (Wildman–Crippen MR) is 53.5 cm³/mol. The molecule has 0 aliphatic heterocycles. The normalized spacial score (nSPS) is 10.2. The summed E-state index contributed by atoms with van der Waals surface area (Å²) in [6.45, 7) is 1.92. The molecule has 0 fully saturated rings. The van der Waals surface area contributed by atoms with Crippen LogP contribution in [0.5, 0.6) is 0 Å². The van der Waals surface area contributed by atoms with Crippen molar-refractivity contribution >= 4 is 27.2 Å². The number of nitriles is 1. The lowest BCUT2D eigenvalue weighted by Crippen LogP contribution is -1.89. The second kappa shape index (κ2) is 2.71. The first-order chi connectivity index (χ1) is 6.22.